The first-order valence-corrected chi connectivity index (χ1v) is 23.6. The Balaban J connectivity index is 1.10. The molecule has 5 heteroatoms. The number of rotatable bonds is 2. The van der Waals surface area contributed by atoms with Crippen LogP contribution in [0.4, 0.5) is 11.4 Å². The minimum absolute atomic E-state index is 0.0588. The van der Waals surface area contributed by atoms with Crippen LogP contribution in [-0.4, -0.2) is 29.7 Å². The van der Waals surface area contributed by atoms with Crippen LogP contribution >= 0.6 is 0 Å². The topological polar surface area (TPSA) is 16.4 Å². The summed E-state index contributed by atoms with van der Waals surface area (Å²) in [6, 6.07) is 46.4. The zero-order valence-corrected chi connectivity index (χ0v) is 32.9. The molecule has 11 rings (SSSR count). The van der Waals surface area contributed by atoms with E-state index in [4.69, 9.17) is 4.42 Å². The third-order valence-corrected chi connectivity index (χ3v) is 18.8. The third-order valence-electron chi connectivity index (χ3n) is 12.8. The predicted octanol–water partition coefficient (Wildman–Crippen LogP) is 7.13. The van der Waals surface area contributed by atoms with E-state index in [9.17, 15) is 0 Å². The second kappa shape index (κ2) is 11.0. The van der Waals surface area contributed by atoms with Gasteiger partial charge in [-0.3, -0.25) is 0 Å². The summed E-state index contributed by atoms with van der Waals surface area (Å²) >= 11 is 0.227. The van der Waals surface area contributed by atoms with Gasteiger partial charge >= 0.3 is 315 Å². The van der Waals surface area contributed by atoms with Gasteiger partial charge in [0.2, 0.25) is 0 Å². The Labute approximate surface area is 313 Å². The van der Waals surface area contributed by atoms with Gasteiger partial charge in [-0.1, -0.05) is 0 Å². The number of anilines is 2. The van der Waals surface area contributed by atoms with Gasteiger partial charge in [-0.15, -0.1) is 0 Å². The molecule has 0 unspecified atom stereocenters. The number of nitrogens with zero attached hydrogens (tertiary/aromatic N) is 1. The second-order valence-electron chi connectivity index (χ2n) is 16.3. The molecular formula is C47H40BNOSeSi. The van der Waals surface area contributed by atoms with Crippen molar-refractivity contribution in [1.29, 1.82) is 0 Å². The van der Waals surface area contributed by atoms with Crippen molar-refractivity contribution in [3.63, 3.8) is 0 Å². The Bertz CT molecular complexity index is 2700. The van der Waals surface area contributed by atoms with Gasteiger partial charge in [0.15, 0.2) is 0 Å². The van der Waals surface area contributed by atoms with Crippen LogP contribution in [0.15, 0.2) is 137 Å². The molecule has 2 nitrogen and oxygen atoms in total. The van der Waals surface area contributed by atoms with Crippen LogP contribution in [0.2, 0.25) is 13.1 Å². The van der Waals surface area contributed by atoms with E-state index in [1.54, 1.807) is 31.6 Å². The van der Waals surface area contributed by atoms with Gasteiger partial charge in [-0.2, -0.15) is 0 Å². The second-order valence-corrected chi connectivity index (χ2v) is 22.9. The standard InChI is InChI=1S/C47H40BNOSeSi/c1-47(2)34-16-6-8-18-38(34)49(39-19-9-7-17-35(39)47)30-24-25-36-42(28-30)51-41-21-12-22-44-45(41)48(36)37-27-29(23-26-43(37)52(44,3)4)31-14-11-15-33-32-13-5-10-20-40(32)50-46(31)33/h5-6,8,10-16,18,20-28H,7,9,17,19H2,1-4H3. The fourth-order valence-electron chi connectivity index (χ4n) is 10.3. The Morgan fingerprint density at radius 2 is 1.52 bits per heavy atom. The number of benzene rings is 6. The summed E-state index contributed by atoms with van der Waals surface area (Å²) in [6.45, 7) is 10.3. The fraction of sp³-hybridized carbons (Fsp3) is 0.191. The molecule has 7 aromatic rings. The molecule has 52 heavy (non-hydrogen) atoms. The van der Waals surface area contributed by atoms with Crippen LogP contribution in [0, 0.1) is 0 Å². The van der Waals surface area contributed by atoms with E-state index in [1.807, 2.05) is 0 Å². The molecule has 0 amide bonds. The molecule has 0 radical (unpaired) electrons. The average Bonchev–Trinajstić information content (AvgIpc) is 3.55. The molecular weight excluding hydrogens is 712 g/mol. The van der Waals surface area contributed by atoms with E-state index in [1.165, 1.54) is 73.5 Å². The summed E-state index contributed by atoms with van der Waals surface area (Å²) in [5.74, 6) is 0. The van der Waals surface area contributed by atoms with Crippen molar-refractivity contribution >= 4 is 98.7 Å². The van der Waals surface area contributed by atoms with Gasteiger partial charge in [0, 0.05) is 0 Å². The maximum absolute atomic E-state index is 6.57. The van der Waals surface area contributed by atoms with Crippen LogP contribution < -0.4 is 40.6 Å². The molecule has 1 aliphatic carbocycles. The van der Waals surface area contributed by atoms with Crippen molar-refractivity contribution < 1.29 is 4.42 Å². The fourth-order valence-corrected chi connectivity index (χ4v) is 16.3. The van der Waals surface area contributed by atoms with Crippen LogP contribution in [-0.2, 0) is 5.41 Å². The summed E-state index contributed by atoms with van der Waals surface area (Å²) in [5, 5.41) is 5.55. The van der Waals surface area contributed by atoms with E-state index < -0.39 is 8.07 Å². The molecule has 0 spiro atoms. The van der Waals surface area contributed by atoms with Crippen molar-refractivity contribution in [1.82, 2.24) is 0 Å². The van der Waals surface area contributed by atoms with Gasteiger partial charge in [-0.25, -0.2) is 0 Å². The molecule has 0 atom stereocenters. The predicted molar refractivity (Wildman–Crippen MR) is 226 cm³/mol. The number of para-hydroxylation sites is 3. The number of fused-ring (bicyclic) bond motifs is 8. The molecule has 252 valence electrons. The molecule has 0 saturated carbocycles. The molecule has 4 heterocycles. The summed E-state index contributed by atoms with van der Waals surface area (Å²) < 4.78 is 9.66. The number of allylic oxidation sites excluding steroid dienone is 2. The van der Waals surface area contributed by atoms with Crippen molar-refractivity contribution in [2.75, 3.05) is 4.90 Å². The van der Waals surface area contributed by atoms with E-state index in [0.29, 0.717) is 0 Å². The van der Waals surface area contributed by atoms with E-state index >= 15 is 0 Å². The van der Waals surface area contributed by atoms with Crippen molar-refractivity contribution in [2.24, 2.45) is 0 Å². The Hall–Kier alpha value is -4.54. The van der Waals surface area contributed by atoms with Crippen LogP contribution in [0.5, 0.6) is 0 Å². The first kappa shape index (κ1) is 31.0. The maximum atomic E-state index is 6.57. The third kappa shape index (κ3) is 4.19. The Kier molecular flexibility index (Phi) is 6.56. The molecule has 0 saturated heterocycles. The quantitative estimate of drug-likeness (QED) is 0.175. The zero-order valence-electron chi connectivity index (χ0n) is 30.2. The first-order chi connectivity index (χ1) is 25.3. The number of hydrogen-bond acceptors (Lipinski definition) is 2. The van der Waals surface area contributed by atoms with Crippen molar-refractivity contribution in [2.45, 2.75) is 58.0 Å². The summed E-state index contributed by atoms with van der Waals surface area (Å²) in [4.78, 5) is 2.65. The van der Waals surface area contributed by atoms with Crippen LogP contribution in [0.1, 0.15) is 45.1 Å². The monoisotopic (exact) mass is 753 g/mol. The summed E-state index contributed by atoms with van der Waals surface area (Å²) in [5.41, 5.74) is 16.3. The van der Waals surface area contributed by atoms with Crippen LogP contribution in [0.25, 0.3) is 33.1 Å². The molecule has 1 aromatic heterocycles. The Morgan fingerprint density at radius 1 is 0.712 bits per heavy atom. The van der Waals surface area contributed by atoms with Gasteiger partial charge in [-0.05, 0) is 0 Å². The van der Waals surface area contributed by atoms with Gasteiger partial charge in [0.1, 0.15) is 0 Å². The molecule has 0 N–H and O–H groups in total. The number of furan rings is 1. The molecule has 3 aliphatic heterocycles. The zero-order chi connectivity index (χ0) is 34.9. The van der Waals surface area contributed by atoms with Crippen molar-refractivity contribution in [3.8, 4) is 11.1 Å². The molecule has 6 aromatic carbocycles. The van der Waals surface area contributed by atoms with E-state index in [2.05, 4.69) is 153 Å². The Morgan fingerprint density at radius 3 is 2.44 bits per heavy atom. The summed E-state index contributed by atoms with van der Waals surface area (Å²) in [7, 11) is -1.95. The SMILES string of the molecule is CC1(C)C2=C(CCCC2)N(c2ccc3c(c2)[Se]c2cccc4c2B3c2cc(-c3cccc5c3oc3ccccc35)ccc2[Si]4(C)C)c2ccccc21. The van der Waals surface area contributed by atoms with Crippen LogP contribution in [0.3, 0.4) is 0 Å². The van der Waals surface area contributed by atoms with Gasteiger partial charge in [0.25, 0.3) is 0 Å². The summed E-state index contributed by atoms with van der Waals surface area (Å²) in [6.07, 6.45) is 4.90. The van der Waals surface area contributed by atoms with E-state index in [-0.39, 0.29) is 27.1 Å². The van der Waals surface area contributed by atoms with Crippen molar-refractivity contribution in [3.05, 3.63) is 138 Å². The molecule has 0 bridgehead atoms. The van der Waals surface area contributed by atoms with Gasteiger partial charge in [0.05, 0.1) is 0 Å². The molecule has 0 fully saturated rings. The number of hydrogen-bond donors (Lipinski definition) is 0. The normalized spacial score (nSPS) is 17.8. The van der Waals surface area contributed by atoms with Gasteiger partial charge < -0.3 is 0 Å². The molecule has 4 aliphatic rings. The minimum atomic E-state index is -1.95. The van der Waals surface area contributed by atoms with E-state index in [0.717, 1.165) is 17.6 Å². The first-order valence-electron chi connectivity index (χ1n) is 18.9. The average molecular weight is 753 g/mol.